The van der Waals surface area contributed by atoms with Crippen molar-refractivity contribution in [1.82, 2.24) is 0 Å². The highest BCUT2D eigenvalue weighted by atomic mass is 31.2. The van der Waals surface area contributed by atoms with Crippen molar-refractivity contribution < 1.29 is 18.5 Å². The molecule has 0 aliphatic carbocycles. The molecule has 0 aliphatic heterocycles. The van der Waals surface area contributed by atoms with Crippen LogP contribution < -0.4 is 0 Å². The van der Waals surface area contributed by atoms with Crippen molar-refractivity contribution in [2.24, 2.45) is 11.8 Å². The van der Waals surface area contributed by atoms with Crippen molar-refractivity contribution in [3.05, 3.63) is 0 Å². The van der Waals surface area contributed by atoms with Crippen molar-refractivity contribution >= 4 is 7.60 Å². The van der Waals surface area contributed by atoms with E-state index in [9.17, 15) is 9.46 Å². The summed E-state index contributed by atoms with van der Waals surface area (Å²) in [4.78, 5) is 10.0. The van der Waals surface area contributed by atoms with Crippen LogP contribution >= 0.6 is 7.60 Å². The minimum absolute atomic E-state index is 0.321. The zero-order chi connectivity index (χ0) is 19.9. The van der Waals surface area contributed by atoms with Gasteiger partial charge in [0.1, 0.15) is 0 Å². The van der Waals surface area contributed by atoms with Gasteiger partial charge < -0.3 is 13.9 Å². The first kappa shape index (κ1) is 27.3. The largest absolute Gasteiger partial charge is 0.333 e. The number of unbranched alkanes of at least 4 members (excludes halogenated alkanes) is 2. The molecule has 0 aliphatic rings. The Labute approximate surface area is 158 Å². The Bertz CT molecular complexity index is 336. The zero-order valence-electron chi connectivity index (χ0n) is 18.4. The third-order valence-corrected chi connectivity index (χ3v) is 5.62. The third kappa shape index (κ3) is 22.1. The van der Waals surface area contributed by atoms with Crippen LogP contribution in [0.2, 0.25) is 0 Å². The van der Waals surface area contributed by atoms with E-state index in [1.807, 2.05) is 0 Å². The average molecular weight is 381 g/mol. The summed E-state index contributed by atoms with van der Waals surface area (Å²) in [6.07, 6.45) is 9.05. The van der Waals surface area contributed by atoms with Crippen molar-refractivity contribution in [2.45, 2.75) is 79.1 Å². The van der Waals surface area contributed by atoms with Crippen LogP contribution in [-0.4, -0.2) is 50.3 Å². The molecule has 4 nitrogen and oxygen atoms in total. The summed E-state index contributed by atoms with van der Waals surface area (Å²) in [6.45, 7) is 8.98. The van der Waals surface area contributed by atoms with Gasteiger partial charge in [-0.25, -0.2) is 0 Å². The topological polar surface area (TPSA) is 46.5 Å². The molecule has 0 saturated heterocycles. The van der Waals surface area contributed by atoms with E-state index in [4.69, 9.17) is 4.52 Å². The van der Waals surface area contributed by atoms with Crippen molar-refractivity contribution in [3.63, 3.8) is 0 Å². The van der Waals surface area contributed by atoms with Gasteiger partial charge in [-0.2, -0.15) is 0 Å². The minimum Gasteiger partial charge on any atom is -0.333 e. The third-order valence-electron chi connectivity index (χ3n) is 4.09. The first-order valence-electron chi connectivity index (χ1n) is 10.2. The molecule has 0 radical (unpaired) electrons. The van der Waals surface area contributed by atoms with E-state index in [1.165, 1.54) is 12.8 Å². The summed E-state index contributed by atoms with van der Waals surface area (Å²) < 4.78 is 18.6. The molecule has 0 rings (SSSR count). The number of nitrogens with zero attached hydrogens (tertiary/aromatic N) is 1. The molecule has 0 aromatic heterocycles. The predicted octanol–water partition coefficient (Wildman–Crippen LogP) is 5.94. The highest BCUT2D eigenvalue weighted by Crippen LogP contribution is 2.46. The van der Waals surface area contributed by atoms with Crippen molar-refractivity contribution in [2.75, 3.05) is 41.0 Å². The minimum atomic E-state index is -3.40. The maximum absolute atomic E-state index is 12.2. The van der Waals surface area contributed by atoms with E-state index in [2.05, 4.69) is 55.9 Å². The fraction of sp³-hybridized carbons (Fsp3) is 1.00. The Hall–Kier alpha value is 0.110. The molecule has 3 atom stereocenters. The molecule has 3 unspecified atom stereocenters. The van der Waals surface area contributed by atoms with Crippen LogP contribution in [0.25, 0.3) is 0 Å². The van der Waals surface area contributed by atoms with Gasteiger partial charge in [-0.3, -0.25) is 4.57 Å². The van der Waals surface area contributed by atoms with Gasteiger partial charge in [0, 0.05) is 0 Å². The quantitative estimate of drug-likeness (QED) is 0.317. The lowest BCUT2D eigenvalue weighted by molar-refractivity contribution is -0.849. The molecule has 0 spiro atoms. The summed E-state index contributed by atoms with van der Waals surface area (Å²) in [5.41, 5.74) is 0. The van der Waals surface area contributed by atoms with Gasteiger partial charge in [0.15, 0.2) is 0 Å². The molecule has 0 saturated carbocycles. The molecular formula is C20H47NO3P+. The number of quaternary nitrogens is 1. The van der Waals surface area contributed by atoms with E-state index >= 15 is 0 Å². The van der Waals surface area contributed by atoms with Gasteiger partial charge in [0.2, 0.25) is 0 Å². The van der Waals surface area contributed by atoms with Crippen LogP contribution in [0.15, 0.2) is 0 Å². The van der Waals surface area contributed by atoms with Gasteiger partial charge >= 0.3 is 7.60 Å². The molecule has 0 aromatic rings. The Morgan fingerprint density at radius 3 is 1.64 bits per heavy atom. The van der Waals surface area contributed by atoms with Crippen LogP contribution in [0.4, 0.5) is 0 Å². The lowest BCUT2D eigenvalue weighted by Gasteiger charge is -2.21. The molecule has 0 bridgehead atoms. The van der Waals surface area contributed by atoms with E-state index in [1.54, 1.807) is 0 Å². The summed E-state index contributed by atoms with van der Waals surface area (Å²) in [5, 5.41) is 0. The summed E-state index contributed by atoms with van der Waals surface area (Å²) in [6, 6.07) is 0. The second-order valence-electron chi connectivity index (χ2n) is 8.63. The number of hydrogen-bond donors (Lipinski definition) is 1. The average Bonchev–Trinajstić information content (AvgIpc) is 2.50. The molecule has 0 amide bonds. The molecule has 1 N–H and O–H groups in total. The maximum atomic E-state index is 12.2. The number of rotatable bonds is 13. The smallest absolute Gasteiger partial charge is 0.328 e. The van der Waals surface area contributed by atoms with E-state index < -0.39 is 7.60 Å². The van der Waals surface area contributed by atoms with Crippen LogP contribution in [0.5, 0.6) is 0 Å². The van der Waals surface area contributed by atoms with Gasteiger partial charge in [-0.05, 0) is 24.7 Å². The van der Waals surface area contributed by atoms with E-state index in [0.29, 0.717) is 24.6 Å². The Morgan fingerprint density at radius 1 is 0.880 bits per heavy atom. The normalized spacial score (nSPS) is 16.5. The van der Waals surface area contributed by atoms with Crippen molar-refractivity contribution in [3.8, 4) is 0 Å². The standard InChI is InChI=1S/C16H35O3P.C4H12N/c1-5-9-11-15(7-3)13-19-20(17,18)14-16(8-4)12-10-6-2;1-5(2,3)4/h15-16H,5-14H2,1-4H3,(H,17,18);1-4H3/q;+1. The molecule has 25 heavy (non-hydrogen) atoms. The Balaban J connectivity index is 0. The second-order valence-corrected chi connectivity index (χ2v) is 10.5. The SMILES string of the molecule is CCCCC(CC)COP(=O)(O)CC(CC)CCCC.C[N+](C)(C)C. The summed E-state index contributed by atoms with van der Waals surface area (Å²) in [5.74, 6) is 0.743. The molecular weight excluding hydrogens is 333 g/mol. The first-order valence-corrected chi connectivity index (χ1v) is 12.0. The van der Waals surface area contributed by atoms with Gasteiger partial charge in [-0.15, -0.1) is 0 Å². The molecule has 0 aromatic carbocycles. The van der Waals surface area contributed by atoms with Gasteiger partial charge in [-0.1, -0.05) is 66.2 Å². The Morgan fingerprint density at radius 2 is 1.28 bits per heavy atom. The van der Waals surface area contributed by atoms with Crippen molar-refractivity contribution in [1.29, 1.82) is 0 Å². The van der Waals surface area contributed by atoms with Crippen LogP contribution in [-0.2, 0) is 9.09 Å². The monoisotopic (exact) mass is 380 g/mol. The van der Waals surface area contributed by atoms with Gasteiger partial charge in [0.05, 0.1) is 41.0 Å². The Kier molecular flexibility index (Phi) is 16.6. The van der Waals surface area contributed by atoms with Crippen LogP contribution in [0.3, 0.4) is 0 Å². The fourth-order valence-electron chi connectivity index (χ4n) is 2.42. The molecule has 5 heteroatoms. The highest BCUT2D eigenvalue weighted by Gasteiger charge is 2.25. The van der Waals surface area contributed by atoms with E-state index in [0.717, 1.165) is 43.0 Å². The van der Waals surface area contributed by atoms with E-state index in [-0.39, 0.29) is 0 Å². The summed E-state index contributed by atoms with van der Waals surface area (Å²) >= 11 is 0. The van der Waals surface area contributed by atoms with Crippen LogP contribution in [0.1, 0.15) is 79.1 Å². The lowest BCUT2D eigenvalue weighted by Crippen LogP contribution is -2.27. The first-order chi connectivity index (χ1) is 11.5. The lowest BCUT2D eigenvalue weighted by atomic mass is 10.0. The maximum Gasteiger partial charge on any atom is 0.328 e. The van der Waals surface area contributed by atoms with Crippen LogP contribution in [0, 0.1) is 11.8 Å². The number of hydrogen-bond acceptors (Lipinski definition) is 2. The zero-order valence-corrected chi connectivity index (χ0v) is 19.3. The predicted molar refractivity (Wildman–Crippen MR) is 111 cm³/mol. The molecule has 0 heterocycles. The summed E-state index contributed by atoms with van der Waals surface area (Å²) in [7, 11) is 5.10. The van der Waals surface area contributed by atoms with Gasteiger partial charge in [0.25, 0.3) is 0 Å². The second kappa shape index (κ2) is 15.2. The highest BCUT2D eigenvalue weighted by molar-refractivity contribution is 7.52. The molecule has 154 valence electrons. The fourth-order valence-corrected chi connectivity index (χ4v) is 4.06. The molecule has 0 fully saturated rings.